The first-order chi connectivity index (χ1) is 15.1. The Kier molecular flexibility index (Phi) is 5.16. The summed E-state index contributed by atoms with van der Waals surface area (Å²) >= 11 is 2.75. The molecule has 4 aromatic rings. The molecule has 5 rings (SSSR count). The lowest BCUT2D eigenvalue weighted by molar-refractivity contribution is -0.113. The summed E-state index contributed by atoms with van der Waals surface area (Å²) in [6, 6.07) is 9.71. The van der Waals surface area contributed by atoms with E-state index in [1.165, 1.54) is 29.4 Å². The molecule has 156 valence electrons. The lowest BCUT2D eigenvalue weighted by atomic mass is 10.1. The topological polar surface area (TPSA) is 116 Å². The Bertz CT molecular complexity index is 1300. The minimum absolute atomic E-state index is 0.142. The number of rotatable bonds is 6. The van der Waals surface area contributed by atoms with Gasteiger partial charge in [-0.1, -0.05) is 30.0 Å². The van der Waals surface area contributed by atoms with Crippen LogP contribution in [-0.4, -0.2) is 37.3 Å². The highest BCUT2D eigenvalue weighted by Gasteiger charge is 2.26. The molecule has 1 aliphatic carbocycles. The number of hydrogen-bond donors (Lipinski definition) is 2. The van der Waals surface area contributed by atoms with E-state index in [-0.39, 0.29) is 11.7 Å². The molecule has 10 heteroatoms. The van der Waals surface area contributed by atoms with Crippen molar-refractivity contribution in [2.24, 2.45) is 5.73 Å². The van der Waals surface area contributed by atoms with E-state index >= 15 is 0 Å². The van der Waals surface area contributed by atoms with Crippen molar-refractivity contribution < 1.29 is 9.59 Å². The third-order valence-electron chi connectivity index (χ3n) is 5.09. The number of aromatic nitrogens is 4. The Morgan fingerprint density at radius 3 is 2.84 bits per heavy atom. The van der Waals surface area contributed by atoms with Crippen LogP contribution in [0, 0.1) is 0 Å². The van der Waals surface area contributed by atoms with Crippen LogP contribution in [0.4, 0.5) is 5.00 Å². The van der Waals surface area contributed by atoms with Gasteiger partial charge in [-0.3, -0.25) is 9.59 Å². The average Bonchev–Trinajstić information content (AvgIpc) is 3.47. The third-order valence-corrected chi connectivity index (χ3v) is 7.30. The number of fused-ring (bicyclic) bond motifs is 2. The van der Waals surface area contributed by atoms with Crippen molar-refractivity contribution in [1.82, 2.24) is 19.7 Å². The van der Waals surface area contributed by atoms with Gasteiger partial charge < -0.3 is 11.1 Å². The molecule has 8 nitrogen and oxygen atoms in total. The Balaban J connectivity index is 1.33. The van der Waals surface area contributed by atoms with E-state index in [1.807, 2.05) is 30.3 Å². The van der Waals surface area contributed by atoms with Gasteiger partial charge >= 0.3 is 0 Å². The molecular formula is C21H18N6O2S2. The van der Waals surface area contributed by atoms with Crippen molar-refractivity contribution >= 4 is 50.9 Å². The summed E-state index contributed by atoms with van der Waals surface area (Å²) in [5, 5.41) is 9.29. The van der Waals surface area contributed by atoms with Gasteiger partial charge in [0.1, 0.15) is 16.4 Å². The highest BCUT2D eigenvalue weighted by atomic mass is 32.2. The molecule has 3 aromatic heterocycles. The molecule has 0 saturated heterocycles. The SMILES string of the molecule is NC(=O)c1c(NC(=O)CSc2ncnc3c2cnn3-c2ccccc2)sc2c1CCC2. The van der Waals surface area contributed by atoms with Gasteiger partial charge in [-0.05, 0) is 37.0 Å². The summed E-state index contributed by atoms with van der Waals surface area (Å²) in [5.74, 6) is -0.563. The van der Waals surface area contributed by atoms with E-state index < -0.39 is 5.91 Å². The lowest BCUT2D eigenvalue weighted by Crippen LogP contribution is -2.19. The van der Waals surface area contributed by atoms with Crippen molar-refractivity contribution in [3.05, 3.63) is 58.9 Å². The van der Waals surface area contributed by atoms with Gasteiger partial charge in [-0.25, -0.2) is 14.6 Å². The fourth-order valence-corrected chi connectivity index (χ4v) is 5.82. The highest BCUT2D eigenvalue weighted by Crippen LogP contribution is 2.39. The lowest BCUT2D eigenvalue weighted by Gasteiger charge is -2.06. The number of amides is 2. The average molecular weight is 451 g/mol. The Labute approximate surface area is 185 Å². The number of carbonyl (C=O) groups excluding carboxylic acids is 2. The second-order valence-electron chi connectivity index (χ2n) is 7.07. The van der Waals surface area contributed by atoms with Gasteiger partial charge in [0.25, 0.3) is 5.91 Å². The van der Waals surface area contributed by atoms with Crippen molar-refractivity contribution in [3.8, 4) is 5.69 Å². The van der Waals surface area contributed by atoms with Crippen LogP contribution in [0.1, 0.15) is 27.2 Å². The summed E-state index contributed by atoms with van der Waals surface area (Å²) in [6.45, 7) is 0. The van der Waals surface area contributed by atoms with Gasteiger partial charge in [0.2, 0.25) is 5.91 Å². The van der Waals surface area contributed by atoms with Crippen LogP contribution in [0.15, 0.2) is 47.9 Å². The summed E-state index contributed by atoms with van der Waals surface area (Å²) in [6.07, 6.45) is 5.95. The number of thioether (sulfide) groups is 1. The van der Waals surface area contributed by atoms with Crippen molar-refractivity contribution in [2.45, 2.75) is 24.3 Å². The van der Waals surface area contributed by atoms with Crippen LogP contribution >= 0.6 is 23.1 Å². The van der Waals surface area contributed by atoms with Crippen LogP contribution in [0.25, 0.3) is 16.7 Å². The minimum atomic E-state index is -0.492. The second-order valence-corrected chi connectivity index (χ2v) is 9.14. The molecule has 0 radical (unpaired) electrons. The fraction of sp³-hybridized carbons (Fsp3) is 0.190. The molecule has 0 bridgehead atoms. The summed E-state index contributed by atoms with van der Waals surface area (Å²) in [4.78, 5) is 34.3. The number of benzene rings is 1. The number of para-hydroxylation sites is 1. The van der Waals surface area contributed by atoms with E-state index in [9.17, 15) is 9.59 Å². The van der Waals surface area contributed by atoms with Gasteiger partial charge in [0.05, 0.1) is 28.6 Å². The zero-order valence-electron chi connectivity index (χ0n) is 16.4. The van der Waals surface area contributed by atoms with E-state index in [2.05, 4.69) is 20.4 Å². The van der Waals surface area contributed by atoms with Gasteiger partial charge in [-0.2, -0.15) is 5.10 Å². The highest BCUT2D eigenvalue weighted by molar-refractivity contribution is 8.00. The van der Waals surface area contributed by atoms with E-state index in [0.717, 1.165) is 40.8 Å². The maximum Gasteiger partial charge on any atom is 0.251 e. The van der Waals surface area contributed by atoms with Crippen LogP contribution in [0.2, 0.25) is 0 Å². The Hall–Kier alpha value is -3.24. The number of anilines is 1. The first-order valence-electron chi connectivity index (χ1n) is 9.73. The quantitative estimate of drug-likeness (QED) is 0.344. The molecule has 1 aromatic carbocycles. The number of nitrogens with one attached hydrogen (secondary N) is 1. The van der Waals surface area contributed by atoms with E-state index in [0.29, 0.717) is 21.2 Å². The summed E-state index contributed by atoms with van der Waals surface area (Å²) in [7, 11) is 0. The van der Waals surface area contributed by atoms with Crippen LogP contribution in [-0.2, 0) is 17.6 Å². The molecule has 1 aliphatic rings. The Morgan fingerprint density at radius 1 is 1.19 bits per heavy atom. The van der Waals surface area contributed by atoms with E-state index in [1.54, 1.807) is 10.9 Å². The number of hydrogen-bond acceptors (Lipinski definition) is 7. The largest absolute Gasteiger partial charge is 0.365 e. The van der Waals surface area contributed by atoms with Gasteiger partial charge in [0, 0.05) is 4.88 Å². The summed E-state index contributed by atoms with van der Waals surface area (Å²) < 4.78 is 1.74. The normalized spacial score (nSPS) is 12.8. The molecule has 31 heavy (non-hydrogen) atoms. The third kappa shape index (κ3) is 3.68. The molecule has 0 fully saturated rings. The molecule has 2 amide bonds. The predicted octanol–water partition coefficient (Wildman–Crippen LogP) is 3.20. The summed E-state index contributed by atoms with van der Waals surface area (Å²) in [5.41, 5.74) is 8.60. The van der Waals surface area contributed by atoms with Crippen molar-refractivity contribution in [3.63, 3.8) is 0 Å². The molecule has 3 N–H and O–H groups in total. The molecule has 0 saturated carbocycles. The number of nitrogens with zero attached hydrogens (tertiary/aromatic N) is 4. The first-order valence-corrected chi connectivity index (χ1v) is 11.5. The predicted molar refractivity (Wildman–Crippen MR) is 121 cm³/mol. The zero-order valence-corrected chi connectivity index (χ0v) is 18.0. The maximum absolute atomic E-state index is 12.6. The van der Waals surface area contributed by atoms with E-state index in [4.69, 9.17) is 5.73 Å². The number of primary amides is 1. The second kappa shape index (κ2) is 8.12. The molecule has 0 spiro atoms. The Morgan fingerprint density at radius 2 is 2.03 bits per heavy atom. The van der Waals surface area contributed by atoms with Crippen LogP contribution < -0.4 is 11.1 Å². The van der Waals surface area contributed by atoms with Crippen LogP contribution in [0.3, 0.4) is 0 Å². The smallest absolute Gasteiger partial charge is 0.251 e. The monoisotopic (exact) mass is 450 g/mol. The number of nitrogens with two attached hydrogens (primary N) is 1. The van der Waals surface area contributed by atoms with Gasteiger partial charge in [0.15, 0.2) is 5.65 Å². The number of thiophene rings is 1. The first kappa shape index (κ1) is 19.7. The minimum Gasteiger partial charge on any atom is -0.365 e. The molecule has 0 aliphatic heterocycles. The van der Waals surface area contributed by atoms with Crippen molar-refractivity contribution in [1.29, 1.82) is 0 Å². The molecule has 3 heterocycles. The fourth-order valence-electron chi connectivity index (χ4n) is 3.75. The number of aryl methyl sites for hydroxylation is 1. The molecular weight excluding hydrogens is 432 g/mol. The van der Waals surface area contributed by atoms with Crippen molar-refractivity contribution in [2.75, 3.05) is 11.1 Å². The van der Waals surface area contributed by atoms with Crippen LogP contribution in [0.5, 0.6) is 0 Å². The molecule has 0 unspecified atom stereocenters. The van der Waals surface area contributed by atoms with Gasteiger partial charge in [-0.15, -0.1) is 11.3 Å². The zero-order chi connectivity index (χ0) is 21.4. The molecule has 0 atom stereocenters. The standard InChI is InChI=1S/C21H18N6O2S2/c22-18(29)17-13-7-4-8-15(13)31-21(17)26-16(28)10-30-20-14-9-25-27(19(14)23-11-24-20)12-5-2-1-3-6-12/h1-3,5-6,9,11H,4,7-8,10H2,(H2,22,29)(H,26,28). The maximum atomic E-state index is 12.6. The number of carbonyl (C=O) groups is 2.